The number of aromatic hydroxyl groups is 1. The van der Waals surface area contributed by atoms with Gasteiger partial charge in [-0.1, -0.05) is 24.3 Å². The molecule has 25 heavy (non-hydrogen) atoms. The van der Waals surface area contributed by atoms with E-state index in [1.807, 2.05) is 24.3 Å². The van der Waals surface area contributed by atoms with Crippen molar-refractivity contribution in [2.75, 3.05) is 6.54 Å². The number of phenols is 1. The van der Waals surface area contributed by atoms with Gasteiger partial charge in [-0.3, -0.25) is 9.59 Å². The number of phenolic OH excluding ortho intramolecular Hbond substituents is 1. The fourth-order valence-electron chi connectivity index (χ4n) is 2.54. The van der Waals surface area contributed by atoms with Crippen molar-refractivity contribution in [2.24, 2.45) is 5.92 Å². The molecule has 2 aromatic rings. The zero-order valence-corrected chi connectivity index (χ0v) is 14.0. The molecule has 0 spiro atoms. The fraction of sp³-hybridized carbons (Fsp3) is 0.300. The zero-order chi connectivity index (χ0) is 17.6. The van der Waals surface area contributed by atoms with Gasteiger partial charge in [-0.2, -0.15) is 0 Å². The molecule has 5 heteroatoms. The maximum atomic E-state index is 12.1. The van der Waals surface area contributed by atoms with Crippen LogP contribution in [-0.2, 0) is 17.8 Å². The Morgan fingerprint density at radius 1 is 0.920 bits per heavy atom. The van der Waals surface area contributed by atoms with E-state index in [-0.39, 0.29) is 23.5 Å². The number of hydrogen-bond acceptors (Lipinski definition) is 3. The first-order chi connectivity index (χ1) is 12.1. The van der Waals surface area contributed by atoms with Crippen LogP contribution >= 0.6 is 0 Å². The Hall–Kier alpha value is -2.82. The summed E-state index contributed by atoms with van der Waals surface area (Å²) in [5, 5.41) is 15.0. The van der Waals surface area contributed by atoms with Gasteiger partial charge >= 0.3 is 0 Å². The van der Waals surface area contributed by atoms with Crippen molar-refractivity contribution in [1.82, 2.24) is 10.6 Å². The summed E-state index contributed by atoms with van der Waals surface area (Å²) in [4.78, 5) is 23.8. The van der Waals surface area contributed by atoms with Gasteiger partial charge in [-0.25, -0.2) is 0 Å². The van der Waals surface area contributed by atoms with Gasteiger partial charge in [0.15, 0.2) is 0 Å². The van der Waals surface area contributed by atoms with E-state index in [0.29, 0.717) is 25.1 Å². The quantitative estimate of drug-likeness (QED) is 0.725. The van der Waals surface area contributed by atoms with Gasteiger partial charge in [0.2, 0.25) is 5.91 Å². The van der Waals surface area contributed by atoms with Crippen molar-refractivity contribution in [3.05, 3.63) is 65.2 Å². The van der Waals surface area contributed by atoms with Crippen LogP contribution in [0.3, 0.4) is 0 Å². The number of hydrogen-bond donors (Lipinski definition) is 3. The highest BCUT2D eigenvalue weighted by Gasteiger charge is 2.29. The minimum atomic E-state index is -0.118. The lowest BCUT2D eigenvalue weighted by Gasteiger charge is -2.07. The highest BCUT2D eigenvalue weighted by atomic mass is 16.3. The van der Waals surface area contributed by atoms with E-state index >= 15 is 0 Å². The fourth-order valence-corrected chi connectivity index (χ4v) is 2.54. The largest absolute Gasteiger partial charge is 0.508 e. The van der Waals surface area contributed by atoms with Gasteiger partial charge in [-0.05, 0) is 54.7 Å². The lowest BCUT2D eigenvalue weighted by Crippen LogP contribution is -2.26. The minimum Gasteiger partial charge on any atom is -0.508 e. The summed E-state index contributed by atoms with van der Waals surface area (Å²) in [6.07, 6.45) is 2.70. The molecular formula is C20H22N2O3. The predicted molar refractivity (Wildman–Crippen MR) is 95.2 cm³/mol. The van der Waals surface area contributed by atoms with Gasteiger partial charge in [0.25, 0.3) is 5.91 Å². The molecule has 5 nitrogen and oxygen atoms in total. The highest BCUT2D eigenvalue weighted by Crippen LogP contribution is 2.28. The number of carbonyl (C=O) groups is 2. The van der Waals surface area contributed by atoms with Crippen LogP contribution in [-0.4, -0.2) is 23.5 Å². The second kappa shape index (κ2) is 7.83. The van der Waals surface area contributed by atoms with Crippen LogP contribution in [0.15, 0.2) is 48.5 Å². The Balaban J connectivity index is 1.43. The lowest BCUT2D eigenvalue weighted by molar-refractivity contribution is -0.122. The summed E-state index contributed by atoms with van der Waals surface area (Å²) in [5.74, 6) is 0.447. The molecule has 0 aromatic heterocycles. The van der Waals surface area contributed by atoms with Crippen LogP contribution in [0.5, 0.6) is 5.75 Å². The molecule has 1 aliphatic rings. The first-order valence-electron chi connectivity index (χ1n) is 8.54. The summed E-state index contributed by atoms with van der Waals surface area (Å²) >= 11 is 0. The third kappa shape index (κ3) is 5.08. The van der Waals surface area contributed by atoms with E-state index in [4.69, 9.17) is 0 Å². The molecular weight excluding hydrogens is 316 g/mol. The first-order valence-corrected chi connectivity index (χ1v) is 8.54. The average molecular weight is 338 g/mol. The van der Waals surface area contributed by atoms with Crippen LogP contribution in [0.2, 0.25) is 0 Å². The summed E-state index contributed by atoms with van der Waals surface area (Å²) < 4.78 is 0. The predicted octanol–water partition coefficient (Wildman–Crippen LogP) is 2.39. The van der Waals surface area contributed by atoms with Crippen molar-refractivity contribution < 1.29 is 14.7 Å². The number of carbonyl (C=O) groups excluding carboxylic acids is 2. The van der Waals surface area contributed by atoms with Crippen LogP contribution in [0.4, 0.5) is 0 Å². The molecule has 0 aliphatic heterocycles. The Morgan fingerprint density at radius 3 is 2.20 bits per heavy atom. The number of rotatable bonds is 7. The summed E-state index contributed by atoms with van der Waals surface area (Å²) in [7, 11) is 0. The SMILES string of the molecule is O=C(NCCc1ccc(O)cc1)c1ccc(CNC(=O)C2CC2)cc1. The normalized spacial score (nSPS) is 13.3. The molecule has 2 amide bonds. The van der Waals surface area contributed by atoms with E-state index in [1.54, 1.807) is 24.3 Å². The lowest BCUT2D eigenvalue weighted by atomic mass is 10.1. The number of amides is 2. The van der Waals surface area contributed by atoms with Crippen molar-refractivity contribution in [2.45, 2.75) is 25.8 Å². The molecule has 0 heterocycles. The van der Waals surface area contributed by atoms with Crippen molar-refractivity contribution >= 4 is 11.8 Å². The molecule has 0 radical (unpaired) electrons. The van der Waals surface area contributed by atoms with E-state index < -0.39 is 0 Å². The van der Waals surface area contributed by atoms with Gasteiger partial charge in [0.05, 0.1) is 0 Å². The molecule has 3 N–H and O–H groups in total. The van der Waals surface area contributed by atoms with Crippen LogP contribution in [0, 0.1) is 5.92 Å². The maximum Gasteiger partial charge on any atom is 0.251 e. The third-order valence-corrected chi connectivity index (χ3v) is 4.27. The Bertz CT molecular complexity index is 735. The number of benzene rings is 2. The molecule has 1 aliphatic carbocycles. The second-order valence-electron chi connectivity index (χ2n) is 6.36. The van der Waals surface area contributed by atoms with Crippen molar-refractivity contribution in [1.29, 1.82) is 0 Å². The first kappa shape index (κ1) is 17.0. The average Bonchev–Trinajstić information content (AvgIpc) is 3.47. The van der Waals surface area contributed by atoms with Gasteiger partial charge < -0.3 is 15.7 Å². The molecule has 0 atom stereocenters. The smallest absolute Gasteiger partial charge is 0.251 e. The summed E-state index contributed by atoms with van der Waals surface area (Å²) in [6.45, 7) is 1.03. The third-order valence-electron chi connectivity index (χ3n) is 4.27. The molecule has 0 unspecified atom stereocenters. The van der Waals surface area contributed by atoms with E-state index in [9.17, 15) is 14.7 Å². The Labute approximate surface area is 147 Å². The highest BCUT2D eigenvalue weighted by molar-refractivity contribution is 5.94. The topological polar surface area (TPSA) is 78.4 Å². The standard InChI is InChI=1S/C20H22N2O3/c23-18-9-3-14(4-10-18)11-12-21-19(24)16-5-1-15(2-6-16)13-22-20(25)17-7-8-17/h1-6,9-10,17,23H,7-8,11-13H2,(H,21,24)(H,22,25). The maximum absolute atomic E-state index is 12.1. The Morgan fingerprint density at radius 2 is 1.56 bits per heavy atom. The van der Waals surface area contributed by atoms with Gasteiger partial charge in [-0.15, -0.1) is 0 Å². The molecule has 0 saturated heterocycles. The van der Waals surface area contributed by atoms with Crippen molar-refractivity contribution in [3.8, 4) is 5.75 Å². The van der Waals surface area contributed by atoms with Crippen LogP contribution in [0.1, 0.15) is 34.3 Å². The van der Waals surface area contributed by atoms with Crippen LogP contribution < -0.4 is 10.6 Å². The van der Waals surface area contributed by atoms with Crippen molar-refractivity contribution in [3.63, 3.8) is 0 Å². The number of nitrogens with one attached hydrogen (secondary N) is 2. The van der Waals surface area contributed by atoms with Crippen LogP contribution in [0.25, 0.3) is 0 Å². The Kier molecular flexibility index (Phi) is 5.33. The molecule has 2 aromatic carbocycles. The van der Waals surface area contributed by atoms with E-state index in [1.165, 1.54) is 0 Å². The second-order valence-corrected chi connectivity index (χ2v) is 6.36. The van der Waals surface area contributed by atoms with E-state index in [2.05, 4.69) is 10.6 Å². The molecule has 1 saturated carbocycles. The zero-order valence-electron chi connectivity index (χ0n) is 14.0. The van der Waals surface area contributed by atoms with E-state index in [0.717, 1.165) is 24.0 Å². The summed E-state index contributed by atoms with van der Waals surface area (Å²) in [5.41, 5.74) is 2.64. The minimum absolute atomic E-state index is 0.118. The monoisotopic (exact) mass is 338 g/mol. The summed E-state index contributed by atoms with van der Waals surface area (Å²) in [6, 6.07) is 14.2. The molecule has 130 valence electrons. The molecule has 1 fully saturated rings. The van der Waals surface area contributed by atoms with Gasteiger partial charge in [0, 0.05) is 24.6 Å². The molecule has 3 rings (SSSR count). The van der Waals surface area contributed by atoms with Gasteiger partial charge in [0.1, 0.15) is 5.75 Å². The molecule has 0 bridgehead atoms.